The Kier molecular flexibility index (Phi) is 5.97. The van der Waals surface area contributed by atoms with Gasteiger partial charge in [0.05, 0.1) is 0 Å². The topological polar surface area (TPSA) is 3.24 Å². The molecule has 1 aliphatic carbocycles. The highest BCUT2D eigenvalue weighted by molar-refractivity contribution is 6.30. The molecule has 0 aromatic heterocycles. The minimum Gasteiger partial charge on any atom is -0.309 e. The average molecular weight is 288 g/mol. The van der Waals surface area contributed by atoms with Crippen molar-refractivity contribution in [3.8, 4) is 0 Å². The van der Waals surface area contributed by atoms with Crippen LogP contribution in [0.4, 0.5) is 0 Å². The van der Waals surface area contributed by atoms with Gasteiger partial charge in [0.1, 0.15) is 0 Å². The Labute approximate surface area is 122 Å². The minimum absolute atomic E-state index is 0. The number of halogens is 2. The van der Waals surface area contributed by atoms with Gasteiger partial charge in [0.25, 0.3) is 0 Å². The van der Waals surface area contributed by atoms with Crippen molar-refractivity contribution in [2.45, 2.75) is 37.5 Å². The van der Waals surface area contributed by atoms with Gasteiger partial charge in [0.2, 0.25) is 0 Å². The zero-order chi connectivity index (χ0) is 12.3. The van der Waals surface area contributed by atoms with E-state index in [1.807, 2.05) is 6.07 Å². The Bertz CT molecular complexity index is 371. The third kappa shape index (κ3) is 3.63. The molecule has 0 spiro atoms. The van der Waals surface area contributed by atoms with Crippen molar-refractivity contribution in [3.63, 3.8) is 0 Å². The van der Waals surface area contributed by atoms with Gasteiger partial charge < -0.3 is 4.90 Å². The van der Waals surface area contributed by atoms with Crippen molar-refractivity contribution in [1.82, 2.24) is 4.90 Å². The van der Waals surface area contributed by atoms with Gasteiger partial charge >= 0.3 is 0 Å². The first-order valence-corrected chi connectivity index (χ1v) is 6.91. The van der Waals surface area contributed by atoms with Crippen LogP contribution in [0.5, 0.6) is 0 Å². The Balaban J connectivity index is 0.00000162. The van der Waals surface area contributed by atoms with E-state index in [9.17, 15) is 0 Å². The molecule has 1 aromatic rings. The maximum atomic E-state index is 6.15. The summed E-state index contributed by atoms with van der Waals surface area (Å²) in [5.41, 5.74) is 1.76. The fraction of sp³-hybridized carbons (Fsp3) is 0.600. The lowest BCUT2D eigenvalue weighted by Gasteiger charge is -2.40. The summed E-state index contributed by atoms with van der Waals surface area (Å²) in [6, 6.07) is 8.47. The molecule has 1 aromatic carbocycles. The van der Waals surface area contributed by atoms with Gasteiger partial charge in [0, 0.05) is 17.0 Å². The summed E-state index contributed by atoms with van der Waals surface area (Å²) < 4.78 is 0. The summed E-state index contributed by atoms with van der Waals surface area (Å²) >= 11 is 6.15. The highest BCUT2D eigenvalue weighted by Gasteiger charge is 2.34. The smallest absolute Gasteiger partial charge is 0.0408 e. The number of benzene rings is 1. The fourth-order valence-corrected chi connectivity index (χ4v) is 3.38. The fourth-order valence-electron chi connectivity index (χ4n) is 3.19. The second-order valence-corrected chi connectivity index (χ2v) is 6.03. The molecule has 0 heterocycles. The Morgan fingerprint density at radius 2 is 1.83 bits per heavy atom. The Morgan fingerprint density at radius 3 is 2.39 bits per heavy atom. The van der Waals surface area contributed by atoms with E-state index >= 15 is 0 Å². The van der Waals surface area contributed by atoms with E-state index < -0.39 is 0 Å². The second-order valence-electron chi connectivity index (χ2n) is 5.59. The molecule has 0 unspecified atom stereocenters. The number of hydrogen-bond acceptors (Lipinski definition) is 1. The van der Waals surface area contributed by atoms with Crippen LogP contribution in [-0.2, 0) is 5.41 Å². The molecule has 1 aliphatic rings. The molecule has 0 amide bonds. The molecular weight excluding hydrogens is 265 g/mol. The van der Waals surface area contributed by atoms with E-state index in [4.69, 9.17) is 11.6 Å². The normalized spacial score (nSPS) is 18.4. The quantitative estimate of drug-likeness (QED) is 0.790. The van der Waals surface area contributed by atoms with E-state index in [0.29, 0.717) is 5.41 Å². The maximum absolute atomic E-state index is 6.15. The molecule has 1 fully saturated rings. The lowest BCUT2D eigenvalue weighted by atomic mass is 9.69. The standard InChI is InChI=1S/C15H22ClN.ClH/c1-17(2)12-15(9-4-3-5-10-15)13-7-6-8-14(16)11-13;/h6-8,11H,3-5,9-10,12H2,1-2H3;1H. The summed E-state index contributed by atoms with van der Waals surface area (Å²) in [5, 5.41) is 0.867. The minimum atomic E-state index is 0. The predicted molar refractivity (Wildman–Crippen MR) is 82.0 cm³/mol. The van der Waals surface area contributed by atoms with Crippen LogP contribution in [0.25, 0.3) is 0 Å². The number of likely N-dealkylation sites (N-methyl/N-ethyl adjacent to an activating group) is 1. The third-order valence-corrected chi connectivity index (χ3v) is 4.10. The van der Waals surface area contributed by atoms with Crippen LogP contribution in [0.2, 0.25) is 5.02 Å². The Morgan fingerprint density at radius 1 is 1.17 bits per heavy atom. The van der Waals surface area contributed by atoms with E-state index in [-0.39, 0.29) is 12.4 Å². The first-order valence-electron chi connectivity index (χ1n) is 6.53. The van der Waals surface area contributed by atoms with E-state index in [1.165, 1.54) is 37.7 Å². The maximum Gasteiger partial charge on any atom is 0.0408 e. The van der Waals surface area contributed by atoms with E-state index in [2.05, 4.69) is 37.2 Å². The summed E-state index contributed by atoms with van der Waals surface area (Å²) in [5.74, 6) is 0. The first kappa shape index (κ1) is 15.8. The summed E-state index contributed by atoms with van der Waals surface area (Å²) in [4.78, 5) is 2.31. The number of rotatable bonds is 3. The van der Waals surface area contributed by atoms with Gasteiger partial charge in [0.15, 0.2) is 0 Å². The lowest BCUT2D eigenvalue weighted by Crippen LogP contribution is -2.39. The van der Waals surface area contributed by atoms with Crippen molar-refractivity contribution in [2.24, 2.45) is 0 Å². The molecule has 3 heteroatoms. The van der Waals surface area contributed by atoms with Crippen LogP contribution in [0.15, 0.2) is 24.3 Å². The molecule has 2 rings (SSSR count). The molecule has 0 radical (unpaired) electrons. The summed E-state index contributed by atoms with van der Waals surface area (Å²) in [6.07, 6.45) is 6.67. The molecule has 0 atom stereocenters. The molecule has 0 saturated heterocycles. The zero-order valence-corrected chi connectivity index (χ0v) is 12.9. The van der Waals surface area contributed by atoms with Crippen LogP contribution >= 0.6 is 24.0 Å². The monoisotopic (exact) mass is 287 g/mol. The van der Waals surface area contributed by atoms with Crippen molar-refractivity contribution in [2.75, 3.05) is 20.6 Å². The predicted octanol–water partition coefficient (Wildman–Crippen LogP) is 4.53. The van der Waals surface area contributed by atoms with Gasteiger partial charge in [-0.05, 0) is 44.6 Å². The largest absolute Gasteiger partial charge is 0.309 e. The van der Waals surface area contributed by atoms with E-state index in [0.717, 1.165) is 11.6 Å². The molecule has 0 aliphatic heterocycles. The van der Waals surface area contributed by atoms with Gasteiger partial charge in [-0.1, -0.05) is 43.0 Å². The van der Waals surface area contributed by atoms with Crippen molar-refractivity contribution in [1.29, 1.82) is 0 Å². The van der Waals surface area contributed by atoms with Crippen molar-refractivity contribution < 1.29 is 0 Å². The summed E-state index contributed by atoms with van der Waals surface area (Å²) in [6.45, 7) is 1.13. The second kappa shape index (κ2) is 6.79. The van der Waals surface area contributed by atoms with Crippen LogP contribution in [0.3, 0.4) is 0 Å². The molecule has 1 saturated carbocycles. The van der Waals surface area contributed by atoms with Gasteiger partial charge in [-0.3, -0.25) is 0 Å². The number of nitrogens with zero attached hydrogens (tertiary/aromatic N) is 1. The highest BCUT2D eigenvalue weighted by Crippen LogP contribution is 2.40. The van der Waals surface area contributed by atoms with Crippen molar-refractivity contribution >= 4 is 24.0 Å². The average Bonchev–Trinajstić information content (AvgIpc) is 2.29. The molecular formula is C15H23Cl2N. The summed E-state index contributed by atoms with van der Waals surface area (Å²) in [7, 11) is 4.34. The molecule has 102 valence electrons. The van der Waals surface area contributed by atoms with Crippen LogP contribution in [0, 0.1) is 0 Å². The first-order chi connectivity index (χ1) is 8.12. The van der Waals surface area contributed by atoms with Crippen LogP contribution < -0.4 is 0 Å². The third-order valence-electron chi connectivity index (χ3n) is 3.87. The SMILES string of the molecule is CN(C)CC1(c2cccc(Cl)c2)CCCCC1.Cl. The molecule has 1 nitrogen and oxygen atoms in total. The van der Waals surface area contributed by atoms with Crippen LogP contribution in [0.1, 0.15) is 37.7 Å². The molecule has 18 heavy (non-hydrogen) atoms. The molecule has 0 bridgehead atoms. The van der Waals surface area contributed by atoms with Gasteiger partial charge in [-0.2, -0.15) is 0 Å². The van der Waals surface area contributed by atoms with E-state index in [1.54, 1.807) is 0 Å². The number of hydrogen-bond donors (Lipinski definition) is 0. The van der Waals surface area contributed by atoms with Gasteiger partial charge in [-0.25, -0.2) is 0 Å². The van der Waals surface area contributed by atoms with Gasteiger partial charge in [-0.15, -0.1) is 12.4 Å². The van der Waals surface area contributed by atoms with Crippen LogP contribution in [-0.4, -0.2) is 25.5 Å². The Hall–Kier alpha value is -0.240. The highest BCUT2D eigenvalue weighted by atomic mass is 35.5. The van der Waals surface area contributed by atoms with Crippen molar-refractivity contribution in [3.05, 3.63) is 34.9 Å². The zero-order valence-electron chi connectivity index (χ0n) is 11.3. The lowest BCUT2D eigenvalue weighted by molar-refractivity contribution is 0.216. The molecule has 0 N–H and O–H groups in total.